The SMILES string of the molecule is CNCCNCCNCCNCCCCCCn1nc2ccccc2n1. The monoisotopic (exact) mass is 361 g/mol. The molecule has 0 fully saturated rings. The molecule has 1 aromatic heterocycles. The zero-order valence-electron chi connectivity index (χ0n) is 16.1. The Labute approximate surface area is 157 Å². The fourth-order valence-corrected chi connectivity index (χ4v) is 2.80. The smallest absolute Gasteiger partial charge is 0.113 e. The Morgan fingerprint density at radius 1 is 0.692 bits per heavy atom. The van der Waals surface area contributed by atoms with Crippen molar-refractivity contribution >= 4 is 11.0 Å². The largest absolute Gasteiger partial charge is 0.318 e. The van der Waals surface area contributed by atoms with Crippen molar-refractivity contribution in [3.63, 3.8) is 0 Å². The molecule has 0 atom stereocenters. The molecule has 0 spiro atoms. The van der Waals surface area contributed by atoms with E-state index in [1.54, 1.807) is 0 Å². The van der Waals surface area contributed by atoms with Crippen molar-refractivity contribution in [2.75, 3.05) is 52.9 Å². The first-order valence-corrected chi connectivity index (χ1v) is 9.97. The van der Waals surface area contributed by atoms with Crippen molar-refractivity contribution in [1.29, 1.82) is 0 Å². The Hall–Kier alpha value is -1.54. The number of aromatic nitrogens is 3. The lowest BCUT2D eigenvalue weighted by molar-refractivity contribution is 0.486. The maximum absolute atomic E-state index is 4.49. The highest BCUT2D eigenvalue weighted by molar-refractivity contribution is 5.72. The maximum atomic E-state index is 4.49. The van der Waals surface area contributed by atoms with Crippen LogP contribution in [0.2, 0.25) is 0 Å². The number of rotatable bonds is 16. The molecule has 26 heavy (non-hydrogen) atoms. The van der Waals surface area contributed by atoms with Crippen molar-refractivity contribution in [1.82, 2.24) is 36.3 Å². The standard InChI is InChI=1S/C19H35N7/c1-20-11-12-22-15-16-23-14-13-21-10-6-2-3-7-17-26-24-18-8-4-5-9-19(18)25-26/h4-5,8-9,20-23H,2-3,6-7,10-17H2,1H3. The second kappa shape index (κ2) is 13.6. The summed E-state index contributed by atoms with van der Waals surface area (Å²) in [4.78, 5) is 1.84. The van der Waals surface area contributed by atoms with E-state index in [1.165, 1.54) is 19.3 Å². The minimum atomic E-state index is 0.911. The van der Waals surface area contributed by atoms with Gasteiger partial charge in [-0.05, 0) is 38.6 Å². The zero-order valence-corrected chi connectivity index (χ0v) is 16.1. The fraction of sp³-hybridized carbons (Fsp3) is 0.684. The van der Waals surface area contributed by atoms with Gasteiger partial charge in [-0.3, -0.25) is 0 Å². The Morgan fingerprint density at radius 3 is 1.85 bits per heavy atom. The predicted octanol–water partition coefficient (Wildman–Crippen LogP) is 0.980. The van der Waals surface area contributed by atoms with Crippen molar-refractivity contribution in [3.05, 3.63) is 24.3 Å². The summed E-state index contributed by atoms with van der Waals surface area (Å²) in [6.45, 7) is 8.21. The van der Waals surface area contributed by atoms with Crippen molar-refractivity contribution in [2.24, 2.45) is 0 Å². The number of fused-ring (bicyclic) bond motifs is 1. The molecule has 1 heterocycles. The van der Waals surface area contributed by atoms with E-state index >= 15 is 0 Å². The molecule has 0 saturated heterocycles. The van der Waals surface area contributed by atoms with Crippen LogP contribution in [0.4, 0.5) is 0 Å². The molecule has 146 valence electrons. The van der Waals surface area contributed by atoms with Crippen LogP contribution < -0.4 is 21.3 Å². The average Bonchev–Trinajstić information content (AvgIpc) is 3.07. The first-order valence-electron chi connectivity index (χ1n) is 9.97. The van der Waals surface area contributed by atoms with Gasteiger partial charge in [0.1, 0.15) is 11.0 Å². The van der Waals surface area contributed by atoms with Gasteiger partial charge in [0.15, 0.2) is 0 Å². The lowest BCUT2D eigenvalue weighted by Gasteiger charge is -2.07. The highest BCUT2D eigenvalue weighted by Gasteiger charge is 2.00. The van der Waals surface area contributed by atoms with E-state index in [0.29, 0.717) is 0 Å². The average molecular weight is 362 g/mol. The summed E-state index contributed by atoms with van der Waals surface area (Å²) in [6.07, 6.45) is 4.87. The molecule has 2 aromatic rings. The van der Waals surface area contributed by atoms with Gasteiger partial charge in [-0.2, -0.15) is 15.0 Å². The Morgan fingerprint density at radius 2 is 1.23 bits per heavy atom. The molecule has 0 saturated carbocycles. The number of likely N-dealkylation sites (N-methyl/N-ethyl adjacent to an activating group) is 1. The highest BCUT2D eigenvalue weighted by Crippen LogP contribution is 2.08. The van der Waals surface area contributed by atoms with Crippen LogP contribution in [-0.2, 0) is 6.54 Å². The molecular weight excluding hydrogens is 326 g/mol. The van der Waals surface area contributed by atoms with Gasteiger partial charge >= 0.3 is 0 Å². The third-order valence-electron chi connectivity index (χ3n) is 4.30. The third kappa shape index (κ3) is 8.71. The fourth-order valence-electron chi connectivity index (χ4n) is 2.80. The second-order valence-corrected chi connectivity index (χ2v) is 6.55. The summed E-state index contributed by atoms with van der Waals surface area (Å²) >= 11 is 0. The zero-order chi connectivity index (χ0) is 18.3. The van der Waals surface area contributed by atoms with Gasteiger partial charge < -0.3 is 21.3 Å². The molecule has 0 bridgehead atoms. The number of benzene rings is 1. The van der Waals surface area contributed by atoms with E-state index < -0.39 is 0 Å². The van der Waals surface area contributed by atoms with Crippen LogP contribution in [0.25, 0.3) is 11.0 Å². The number of hydrogen-bond acceptors (Lipinski definition) is 6. The summed E-state index contributed by atoms with van der Waals surface area (Å²) in [5.74, 6) is 0. The third-order valence-corrected chi connectivity index (χ3v) is 4.30. The van der Waals surface area contributed by atoms with Crippen molar-refractivity contribution in [3.8, 4) is 0 Å². The summed E-state index contributed by atoms with van der Waals surface area (Å²) in [5, 5.41) is 22.4. The molecule has 0 radical (unpaired) electrons. The summed E-state index contributed by atoms with van der Waals surface area (Å²) in [5.41, 5.74) is 1.97. The van der Waals surface area contributed by atoms with Crippen LogP contribution in [0.1, 0.15) is 25.7 Å². The van der Waals surface area contributed by atoms with Crippen molar-refractivity contribution < 1.29 is 0 Å². The van der Waals surface area contributed by atoms with Crippen LogP contribution in [0.15, 0.2) is 24.3 Å². The van der Waals surface area contributed by atoms with Gasteiger partial charge in [0.05, 0.1) is 6.54 Å². The van der Waals surface area contributed by atoms with E-state index in [2.05, 4.69) is 31.5 Å². The van der Waals surface area contributed by atoms with Gasteiger partial charge in [0, 0.05) is 39.3 Å². The molecule has 1 aromatic carbocycles. The number of unbranched alkanes of at least 4 members (excludes halogenated alkanes) is 3. The molecule has 0 aliphatic carbocycles. The Kier molecular flexibility index (Phi) is 10.9. The summed E-state index contributed by atoms with van der Waals surface area (Å²) in [6, 6.07) is 8.04. The second-order valence-electron chi connectivity index (χ2n) is 6.55. The van der Waals surface area contributed by atoms with Crippen LogP contribution in [0.5, 0.6) is 0 Å². The first kappa shape index (κ1) is 20.8. The molecule has 0 aliphatic rings. The van der Waals surface area contributed by atoms with Gasteiger partial charge in [0.2, 0.25) is 0 Å². The van der Waals surface area contributed by atoms with E-state index in [0.717, 1.165) is 69.8 Å². The minimum absolute atomic E-state index is 0.911. The number of aryl methyl sites for hydroxylation is 1. The van der Waals surface area contributed by atoms with E-state index in [9.17, 15) is 0 Å². The Balaban J connectivity index is 1.34. The lowest BCUT2D eigenvalue weighted by atomic mass is 10.2. The molecular formula is C19H35N7. The van der Waals surface area contributed by atoms with Gasteiger partial charge in [0.25, 0.3) is 0 Å². The maximum Gasteiger partial charge on any atom is 0.113 e. The Bertz CT molecular complexity index is 551. The lowest BCUT2D eigenvalue weighted by Crippen LogP contribution is -2.34. The number of nitrogens with one attached hydrogen (secondary N) is 4. The molecule has 7 nitrogen and oxygen atoms in total. The highest BCUT2D eigenvalue weighted by atomic mass is 15.5. The van der Waals surface area contributed by atoms with E-state index in [-0.39, 0.29) is 0 Å². The molecule has 0 unspecified atom stereocenters. The molecule has 7 heteroatoms. The molecule has 2 rings (SSSR count). The topological polar surface area (TPSA) is 78.8 Å². The number of hydrogen-bond donors (Lipinski definition) is 4. The summed E-state index contributed by atoms with van der Waals surface area (Å²) in [7, 11) is 1.98. The molecule has 0 amide bonds. The van der Waals surface area contributed by atoms with Gasteiger partial charge in [-0.1, -0.05) is 25.0 Å². The van der Waals surface area contributed by atoms with Crippen LogP contribution in [0.3, 0.4) is 0 Å². The summed E-state index contributed by atoms with van der Waals surface area (Å²) < 4.78 is 0. The molecule has 4 N–H and O–H groups in total. The first-order chi connectivity index (χ1) is 12.9. The van der Waals surface area contributed by atoms with E-state index in [4.69, 9.17) is 0 Å². The van der Waals surface area contributed by atoms with Gasteiger partial charge in [-0.25, -0.2) is 0 Å². The van der Waals surface area contributed by atoms with Crippen molar-refractivity contribution in [2.45, 2.75) is 32.2 Å². The van der Waals surface area contributed by atoms with Crippen LogP contribution in [0, 0.1) is 0 Å². The quantitative estimate of drug-likeness (QED) is 0.334. The van der Waals surface area contributed by atoms with E-state index in [1.807, 2.05) is 36.1 Å². The van der Waals surface area contributed by atoms with Gasteiger partial charge in [-0.15, -0.1) is 0 Å². The van der Waals surface area contributed by atoms with Crippen LogP contribution in [-0.4, -0.2) is 67.9 Å². The molecule has 0 aliphatic heterocycles. The normalized spacial score (nSPS) is 11.4. The number of nitrogens with zero attached hydrogens (tertiary/aromatic N) is 3. The predicted molar refractivity (Wildman–Crippen MR) is 109 cm³/mol. The minimum Gasteiger partial charge on any atom is -0.318 e. The van der Waals surface area contributed by atoms with Crippen LogP contribution >= 0.6 is 0 Å².